The van der Waals surface area contributed by atoms with Gasteiger partial charge in [-0.05, 0) is 63.5 Å². The van der Waals surface area contributed by atoms with Crippen molar-refractivity contribution in [3.63, 3.8) is 0 Å². The van der Waals surface area contributed by atoms with Crippen LogP contribution in [0.1, 0.15) is 16.1 Å². The van der Waals surface area contributed by atoms with Crippen molar-refractivity contribution < 1.29 is 18.7 Å². The second-order valence-corrected chi connectivity index (χ2v) is 6.38. The molecule has 26 heavy (non-hydrogen) atoms. The van der Waals surface area contributed by atoms with E-state index >= 15 is 0 Å². The molecule has 1 aromatic heterocycles. The molecular weight excluding hydrogens is 406 g/mol. The molecule has 4 nitrogen and oxygen atoms in total. The fraction of sp³-hybridized carbons (Fsp3) is 0.0526. The van der Waals surface area contributed by atoms with Crippen LogP contribution in [0.15, 0.2) is 59.2 Å². The van der Waals surface area contributed by atoms with E-state index in [4.69, 9.17) is 5.11 Å². The molecule has 1 heterocycles. The topological polar surface area (TPSA) is 62.2 Å². The monoisotopic (exact) mass is 418 g/mol. The maximum atomic E-state index is 13.7. The molecule has 3 rings (SSSR count). The van der Waals surface area contributed by atoms with Crippen LogP contribution in [-0.4, -0.2) is 16.1 Å². The van der Waals surface area contributed by atoms with E-state index in [0.29, 0.717) is 27.8 Å². The van der Waals surface area contributed by atoms with Gasteiger partial charge in [-0.2, -0.15) is 0 Å². The molecule has 0 aliphatic carbocycles. The Morgan fingerprint density at radius 1 is 1.12 bits per heavy atom. The highest BCUT2D eigenvalue weighted by Crippen LogP contribution is 2.26. The molecule has 132 valence electrons. The molecule has 0 spiro atoms. The van der Waals surface area contributed by atoms with E-state index in [-0.39, 0.29) is 11.5 Å². The van der Waals surface area contributed by atoms with Gasteiger partial charge in [-0.15, -0.1) is 0 Å². The van der Waals surface area contributed by atoms with Gasteiger partial charge in [0.25, 0.3) is 0 Å². The van der Waals surface area contributed by atoms with E-state index in [1.165, 1.54) is 30.5 Å². The lowest BCUT2D eigenvalue weighted by Gasteiger charge is -2.12. The van der Waals surface area contributed by atoms with Crippen molar-refractivity contribution in [2.24, 2.45) is 0 Å². The minimum absolute atomic E-state index is 0.0878. The van der Waals surface area contributed by atoms with Crippen LogP contribution >= 0.6 is 15.9 Å². The van der Waals surface area contributed by atoms with Crippen molar-refractivity contribution in [2.75, 3.05) is 5.32 Å². The summed E-state index contributed by atoms with van der Waals surface area (Å²) in [4.78, 5) is 14.8. The van der Waals surface area contributed by atoms with Gasteiger partial charge in [-0.25, -0.2) is 18.6 Å². The summed E-state index contributed by atoms with van der Waals surface area (Å²) >= 11 is 3.10. The van der Waals surface area contributed by atoms with Crippen LogP contribution in [0, 0.1) is 11.6 Å². The minimum atomic E-state index is -1.13. The molecule has 7 heteroatoms. The number of aromatic carboxylic acids is 1. The van der Waals surface area contributed by atoms with Crippen LogP contribution in [0.2, 0.25) is 0 Å². The SMILES string of the molecule is O=C(O)c1ccc(-c2cc(F)ccc2CNc2ccc(Br)c(F)c2)cn1. The van der Waals surface area contributed by atoms with E-state index in [2.05, 4.69) is 26.2 Å². The molecule has 2 aromatic carbocycles. The van der Waals surface area contributed by atoms with Crippen molar-refractivity contribution in [1.29, 1.82) is 0 Å². The highest BCUT2D eigenvalue weighted by molar-refractivity contribution is 9.10. The van der Waals surface area contributed by atoms with Gasteiger partial charge in [0.1, 0.15) is 17.3 Å². The molecule has 0 bridgehead atoms. The van der Waals surface area contributed by atoms with E-state index in [1.807, 2.05) is 0 Å². The summed E-state index contributed by atoms with van der Waals surface area (Å²) in [7, 11) is 0. The first kappa shape index (κ1) is 18.0. The number of anilines is 1. The van der Waals surface area contributed by atoms with E-state index in [0.717, 1.165) is 5.56 Å². The highest BCUT2D eigenvalue weighted by atomic mass is 79.9. The lowest BCUT2D eigenvalue weighted by Crippen LogP contribution is -2.03. The number of pyridine rings is 1. The first-order chi connectivity index (χ1) is 12.4. The number of aromatic nitrogens is 1. The van der Waals surface area contributed by atoms with Gasteiger partial charge in [-0.1, -0.05) is 12.1 Å². The summed E-state index contributed by atoms with van der Waals surface area (Å²) in [5.41, 5.74) is 2.43. The summed E-state index contributed by atoms with van der Waals surface area (Å²) in [5, 5.41) is 12.0. The largest absolute Gasteiger partial charge is 0.477 e. The van der Waals surface area contributed by atoms with Gasteiger partial charge in [0.15, 0.2) is 0 Å². The zero-order valence-electron chi connectivity index (χ0n) is 13.3. The molecule has 0 saturated carbocycles. The minimum Gasteiger partial charge on any atom is -0.477 e. The van der Waals surface area contributed by atoms with Gasteiger partial charge >= 0.3 is 5.97 Å². The Hall–Kier alpha value is -2.80. The first-order valence-electron chi connectivity index (χ1n) is 7.61. The normalized spacial score (nSPS) is 10.6. The summed E-state index contributed by atoms with van der Waals surface area (Å²) in [6.07, 6.45) is 1.39. The Morgan fingerprint density at radius 2 is 1.92 bits per heavy atom. The van der Waals surface area contributed by atoms with Crippen molar-refractivity contribution in [2.45, 2.75) is 6.54 Å². The van der Waals surface area contributed by atoms with Gasteiger partial charge < -0.3 is 10.4 Å². The Labute approximate surface area is 156 Å². The van der Waals surface area contributed by atoms with Crippen LogP contribution in [-0.2, 0) is 6.54 Å². The highest BCUT2D eigenvalue weighted by Gasteiger charge is 2.10. The quantitative estimate of drug-likeness (QED) is 0.604. The van der Waals surface area contributed by atoms with E-state index < -0.39 is 11.8 Å². The number of hydrogen-bond donors (Lipinski definition) is 2. The zero-order valence-corrected chi connectivity index (χ0v) is 14.9. The van der Waals surface area contributed by atoms with Crippen LogP contribution in [0.3, 0.4) is 0 Å². The average molecular weight is 419 g/mol. The third-order valence-electron chi connectivity index (χ3n) is 3.77. The molecule has 0 radical (unpaired) electrons. The Bertz CT molecular complexity index is 962. The van der Waals surface area contributed by atoms with Crippen LogP contribution in [0.4, 0.5) is 14.5 Å². The van der Waals surface area contributed by atoms with E-state index in [1.54, 1.807) is 24.3 Å². The number of benzene rings is 2. The summed E-state index contributed by atoms with van der Waals surface area (Å²) in [5.74, 6) is -1.93. The molecule has 0 fully saturated rings. The molecule has 0 aliphatic heterocycles. The van der Waals surface area contributed by atoms with Crippen LogP contribution < -0.4 is 5.32 Å². The Morgan fingerprint density at radius 3 is 2.58 bits per heavy atom. The third-order valence-corrected chi connectivity index (χ3v) is 4.41. The summed E-state index contributed by atoms with van der Waals surface area (Å²) < 4.78 is 27.7. The van der Waals surface area contributed by atoms with E-state index in [9.17, 15) is 13.6 Å². The maximum absolute atomic E-state index is 13.7. The molecule has 0 unspecified atom stereocenters. The Kier molecular flexibility index (Phi) is 5.27. The average Bonchev–Trinajstić information content (AvgIpc) is 2.63. The van der Waals surface area contributed by atoms with Crippen molar-refractivity contribution in [3.8, 4) is 11.1 Å². The number of hydrogen-bond acceptors (Lipinski definition) is 3. The number of halogens is 3. The standard InChI is InChI=1S/C19H13BrF2N2O2/c20-16-5-4-14(8-17(16)22)23-9-11-1-3-13(21)7-15(11)12-2-6-18(19(25)26)24-10-12/h1-8,10,23H,9H2,(H,25,26). The van der Waals surface area contributed by atoms with Gasteiger partial charge in [-0.3, -0.25) is 0 Å². The number of nitrogens with zero attached hydrogens (tertiary/aromatic N) is 1. The van der Waals surface area contributed by atoms with Gasteiger partial charge in [0.2, 0.25) is 0 Å². The van der Waals surface area contributed by atoms with Crippen molar-refractivity contribution in [1.82, 2.24) is 4.98 Å². The predicted molar refractivity (Wildman–Crippen MR) is 98.0 cm³/mol. The molecular formula is C19H13BrF2N2O2. The molecule has 0 aliphatic rings. The molecule has 0 saturated heterocycles. The first-order valence-corrected chi connectivity index (χ1v) is 8.40. The molecule has 3 aromatic rings. The Balaban J connectivity index is 1.88. The third kappa shape index (κ3) is 4.05. The predicted octanol–water partition coefficient (Wildman–Crippen LogP) is 5.10. The van der Waals surface area contributed by atoms with Crippen LogP contribution in [0.25, 0.3) is 11.1 Å². The fourth-order valence-corrected chi connectivity index (χ4v) is 2.70. The maximum Gasteiger partial charge on any atom is 0.354 e. The van der Waals surface area contributed by atoms with Gasteiger partial charge in [0, 0.05) is 24.0 Å². The van der Waals surface area contributed by atoms with Crippen molar-refractivity contribution >= 4 is 27.6 Å². The lowest BCUT2D eigenvalue weighted by molar-refractivity contribution is 0.0690. The summed E-state index contributed by atoms with van der Waals surface area (Å²) in [6, 6.07) is 11.9. The van der Waals surface area contributed by atoms with Gasteiger partial charge in [0.05, 0.1) is 4.47 Å². The fourth-order valence-electron chi connectivity index (χ4n) is 2.45. The number of carboxylic acid groups (broad SMARTS) is 1. The number of rotatable bonds is 5. The zero-order chi connectivity index (χ0) is 18.7. The molecule has 2 N–H and O–H groups in total. The molecule has 0 amide bonds. The summed E-state index contributed by atoms with van der Waals surface area (Å²) in [6.45, 7) is 0.331. The molecule has 0 atom stereocenters. The smallest absolute Gasteiger partial charge is 0.354 e. The second kappa shape index (κ2) is 7.61. The number of carboxylic acids is 1. The second-order valence-electron chi connectivity index (χ2n) is 5.52. The van der Waals surface area contributed by atoms with Crippen LogP contribution in [0.5, 0.6) is 0 Å². The van der Waals surface area contributed by atoms with Crippen molar-refractivity contribution in [3.05, 3.63) is 82.1 Å². The number of nitrogens with one attached hydrogen (secondary N) is 1. The lowest BCUT2D eigenvalue weighted by atomic mass is 10.0. The number of carbonyl (C=O) groups is 1.